The summed E-state index contributed by atoms with van der Waals surface area (Å²) in [6, 6.07) is 0. The zero-order valence-electron chi connectivity index (χ0n) is 6.69. The van der Waals surface area contributed by atoms with Crippen LogP contribution >= 0.6 is 0 Å². The summed E-state index contributed by atoms with van der Waals surface area (Å²) in [7, 11) is 0. The van der Waals surface area contributed by atoms with Gasteiger partial charge in [-0.1, -0.05) is 13.3 Å². The molecule has 1 aliphatic carbocycles. The molecule has 0 aromatic rings. The van der Waals surface area contributed by atoms with Gasteiger partial charge < -0.3 is 5.11 Å². The molecule has 0 bridgehead atoms. The highest BCUT2D eigenvalue weighted by Crippen LogP contribution is 2.24. The highest BCUT2D eigenvalue weighted by atomic mass is 16.3. The average molecular weight is 143 g/mol. The van der Waals surface area contributed by atoms with Gasteiger partial charge in [-0.3, -0.25) is 5.32 Å². The molecule has 0 aromatic carbocycles. The molecule has 0 heterocycles. The lowest BCUT2D eigenvalue weighted by atomic mass is 9.92. The first kappa shape index (κ1) is 8.02. The molecule has 60 valence electrons. The highest BCUT2D eigenvalue weighted by Gasteiger charge is 2.27. The summed E-state index contributed by atoms with van der Waals surface area (Å²) in [5.74, 6) is 0. The third-order valence-corrected chi connectivity index (χ3v) is 2.19. The van der Waals surface area contributed by atoms with Crippen LogP contribution in [0.1, 0.15) is 39.0 Å². The van der Waals surface area contributed by atoms with Crippen LogP contribution in [0.25, 0.3) is 0 Å². The minimum atomic E-state index is -0.521. The maximum absolute atomic E-state index is 9.76. The Labute approximate surface area is 62.6 Å². The molecular weight excluding hydrogens is 126 g/mol. The average Bonchev–Trinajstić information content (AvgIpc) is 1.89. The summed E-state index contributed by atoms with van der Waals surface area (Å²) in [4.78, 5) is 0. The van der Waals surface area contributed by atoms with E-state index >= 15 is 0 Å². The minimum Gasteiger partial charge on any atom is -0.376 e. The molecule has 0 unspecified atom stereocenters. The maximum atomic E-state index is 9.76. The Morgan fingerprint density at radius 2 is 1.90 bits per heavy atom. The topological polar surface area (TPSA) is 32.3 Å². The van der Waals surface area contributed by atoms with E-state index in [1.54, 1.807) is 0 Å². The Bertz CT molecular complexity index is 91.9. The molecule has 0 amide bonds. The SMILES string of the molecule is CCNC1(O)CCCCC1. The Hall–Kier alpha value is -0.0800. The van der Waals surface area contributed by atoms with E-state index in [9.17, 15) is 5.11 Å². The first-order chi connectivity index (χ1) is 4.77. The van der Waals surface area contributed by atoms with Gasteiger partial charge in [0, 0.05) is 0 Å². The van der Waals surface area contributed by atoms with Gasteiger partial charge in [0.15, 0.2) is 0 Å². The summed E-state index contributed by atoms with van der Waals surface area (Å²) in [5, 5.41) is 12.9. The molecule has 0 spiro atoms. The molecule has 1 rings (SSSR count). The van der Waals surface area contributed by atoms with Crippen molar-refractivity contribution in [2.75, 3.05) is 6.54 Å². The number of aliphatic hydroxyl groups is 1. The number of rotatable bonds is 2. The van der Waals surface area contributed by atoms with Crippen molar-refractivity contribution in [3.8, 4) is 0 Å². The molecule has 2 nitrogen and oxygen atoms in total. The van der Waals surface area contributed by atoms with Gasteiger partial charge in [-0.2, -0.15) is 0 Å². The lowest BCUT2D eigenvalue weighted by Crippen LogP contribution is -2.46. The second-order valence-electron chi connectivity index (χ2n) is 3.12. The minimum absolute atomic E-state index is 0.521. The third kappa shape index (κ3) is 1.96. The maximum Gasteiger partial charge on any atom is 0.116 e. The second-order valence-corrected chi connectivity index (χ2v) is 3.12. The Morgan fingerprint density at radius 1 is 1.30 bits per heavy atom. The van der Waals surface area contributed by atoms with Crippen LogP contribution in [0.5, 0.6) is 0 Å². The van der Waals surface area contributed by atoms with Gasteiger partial charge in [-0.15, -0.1) is 0 Å². The van der Waals surface area contributed by atoms with Gasteiger partial charge in [0.25, 0.3) is 0 Å². The van der Waals surface area contributed by atoms with Crippen LogP contribution in [0.4, 0.5) is 0 Å². The number of nitrogens with one attached hydrogen (secondary N) is 1. The molecule has 0 saturated heterocycles. The first-order valence-corrected chi connectivity index (χ1v) is 4.24. The molecule has 0 radical (unpaired) electrons. The third-order valence-electron chi connectivity index (χ3n) is 2.19. The monoisotopic (exact) mass is 143 g/mol. The summed E-state index contributed by atoms with van der Waals surface area (Å²) in [5.41, 5.74) is -0.521. The predicted octanol–water partition coefficient (Wildman–Crippen LogP) is 1.25. The molecule has 1 aliphatic rings. The quantitative estimate of drug-likeness (QED) is 0.570. The fraction of sp³-hybridized carbons (Fsp3) is 1.00. The van der Waals surface area contributed by atoms with Gasteiger partial charge in [0.2, 0.25) is 0 Å². The van der Waals surface area contributed by atoms with Gasteiger partial charge in [-0.25, -0.2) is 0 Å². The van der Waals surface area contributed by atoms with Crippen LogP contribution in [-0.2, 0) is 0 Å². The fourth-order valence-corrected chi connectivity index (χ4v) is 1.64. The number of hydrogen-bond donors (Lipinski definition) is 2. The van der Waals surface area contributed by atoms with Crippen molar-refractivity contribution in [3.63, 3.8) is 0 Å². The van der Waals surface area contributed by atoms with Crippen molar-refractivity contribution in [2.45, 2.75) is 44.8 Å². The molecule has 1 saturated carbocycles. The van der Waals surface area contributed by atoms with Crippen LogP contribution < -0.4 is 5.32 Å². The lowest BCUT2D eigenvalue weighted by molar-refractivity contribution is -0.0262. The molecule has 1 fully saturated rings. The van der Waals surface area contributed by atoms with Crippen LogP contribution in [-0.4, -0.2) is 17.4 Å². The van der Waals surface area contributed by atoms with Crippen molar-refractivity contribution in [1.82, 2.24) is 5.32 Å². The first-order valence-electron chi connectivity index (χ1n) is 4.24. The standard InChI is InChI=1S/C8H17NO/c1-2-9-8(10)6-4-3-5-7-8/h9-10H,2-7H2,1H3. The normalized spacial score (nSPS) is 24.6. The number of hydrogen-bond acceptors (Lipinski definition) is 2. The van der Waals surface area contributed by atoms with E-state index in [0.717, 1.165) is 19.4 Å². The van der Waals surface area contributed by atoms with Gasteiger partial charge in [-0.05, 0) is 32.2 Å². The summed E-state index contributed by atoms with van der Waals surface area (Å²) in [6.45, 7) is 2.91. The smallest absolute Gasteiger partial charge is 0.116 e. The van der Waals surface area contributed by atoms with Gasteiger partial charge in [0.05, 0.1) is 0 Å². The van der Waals surface area contributed by atoms with Crippen LogP contribution in [0.3, 0.4) is 0 Å². The Balaban J connectivity index is 2.32. The van der Waals surface area contributed by atoms with Crippen LogP contribution in [0, 0.1) is 0 Å². The molecular formula is C8H17NO. The summed E-state index contributed by atoms with van der Waals surface area (Å²) < 4.78 is 0. The van der Waals surface area contributed by atoms with Crippen LogP contribution in [0.2, 0.25) is 0 Å². The Morgan fingerprint density at radius 3 is 2.40 bits per heavy atom. The van der Waals surface area contributed by atoms with E-state index < -0.39 is 5.72 Å². The fourth-order valence-electron chi connectivity index (χ4n) is 1.64. The molecule has 0 atom stereocenters. The predicted molar refractivity (Wildman–Crippen MR) is 41.7 cm³/mol. The molecule has 2 N–H and O–H groups in total. The van der Waals surface area contributed by atoms with Gasteiger partial charge >= 0.3 is 0 Å². The van der Waals surface area contributed by atoms with Crippen molar-refractivity contribution >= 4 is 0 Å². The van der Waals surface area contributed by atoms with Crippen molar-refractivity contribution < 1.29 is 5.11 Å². The van der Waals surface area contributed by atoms with E-state index in [-0.39, 0.29) is 0 Å². The lowest BCUT2D eigenvalue weighted by Gasteiger charge is -2.32. The van der Waals surface area contributed by atoms with Crippen molar-refractivity contribution in [3.05, 3.63) is 0 Å². The molecule has 0 aliphatic heterocycles. The molecule has 10 heavy (non-hydrogen) atoms. The zero-order chi connectivity index (χ0) is 7.45. The van der Waals surface area contributed by atoms with Crippen molar-refractivity contribution in [1.29, 1.82) is 0 Å². The largest absolute Gasteiger partial charge is 0.376 e. The molecule has 2 heteroatoms. The van der Waals surface area contributed by atoms with Gasteiger partial charge in [0.1, 0.15) is 5.72 Å². The second kappa shape index (κ2) is 3.35. The van der Waals surface area contributed by atoms with E-state index in [4.69, 9.17) is 0 Å². The van der Waals surface area contributed by atoms with E-state index in [1.807, 2.05) is 6.92 Å². The van der Waals surface area contributed by atoms with Crippen LogP contribution in [0.15, 0.2) is 0 Å². The van der Waals surface area contributed by atoms with E-state index in [2.05, 4.69) is 5.32 Å². The summed E-state index contributed by atoms with van der Waals surface area (Å²) in [6.07, 6.45) is 5.49. The molecule has 0 aromatic heterocycles. The van der Waals surface area contributed by atoms with Crippen molar-refractivity contribution in [2.24, 2.45) is 0 Å². The summed E-state index contributed by atoms with van der Waals surface area (Å²) >= 11 is 0. The Kier molecular flexibility index (Phi) is 2.69. The highest BCUT2D eigenvalue weighted by molar-refractivity contribution is 4.78. The zero-order valence-corrected chi connectivity index (χ0v) is 6.69. The van der Waals surface area contributed by atoms with E-state index in [0.29, 0.717) is 0 Å². The van der Waals surface area contributed by atoms with E-state index in [1.165, 1.54) is 19.3 Å².